The van der Waals surface area contributed by atoms with Crippen LogP contribution in [-0.4, -0.2) is 24.3 Å². The second-order valence-electron chi connectivity index (χ2n) is 5.09. The summed E-state index contributed by atoms with van der Waals surface area (Å²) in [5.41, 5.74) is 6.35. The Bertz CT molecular complexity index is 729. The summed E-state index contributed by atoms with van der Waals surface area (Å²) in [4.78, 5) is 24.2. The fraction of sp³-hybridized carbons (Fsp3) is 0.188. The third-order valence-corrected chi connectivity index (χ3v) is 4.23. The molecule has 0 bridgehead atoms. The maximum absolute atomic E-state index is 11.9. The summed E-state index contributed by atoms with van der Waals surface area (Å²) in [7, 11) is 0. The molecule has 126 valence electrons. The molecule has 6 N–H and O–H groups in total. The van der Waals surface area contributed by atoms with E-state index in [9.17, 15) is 9.59 Å². The fourth-order valence-electron chi connectivity index (χ4n) is 1.98. The summed E-state index contributed by atoms with van der Waals surface area (Å²) in [6, 6.07) is 12.2. The van der Waals surface area contributed by atoms with Crippen molar-refractivity contribution >= 4 is 34.1 Å². The minimum atomic E-state index is -0.491. The lowest BCUT2D eigenvalue weighted by molar-refractivity contribution is -0.120. The van der Waals surface area contributed by atoms with Crippen molar-refractivity contribution in [3.05, 3.63) is 52.9 Å². The Morgan fingerprint density at radius 3 is 2.54 bits per heavy atom. The molecule has 24 heavy (non-hydrogen) atoms. The zero-order valence-corrected chi connectivity index (χ0v) is 13.9. The van der Waals surface area contributed by atoms with Gasteiger partial charge in [0, 0.05) is 0 Å². The summed E-state index contributed by atoms with van der Waals surface area (Å²) in [6.45, 7) is 1.75. The largest absolute Gasteiger partial charge is 0.383 e. The molecule has 0 spiro atoms. The molecule has 2 aromatic rings. The van der Waals surface area contributed by atoms with E-state index in [1.807, 2.05) is 37.3 Å². The van der Waals surface area contributed by atoms with E-state index in [1.54, 1.807) is 12.1 Å². The average molecular weight is 345 g/mol. The molecule has 2 rings (SSSR count). The Kier molecular flexibility index (Phi) is 5.91. The first-order valence-corrected chi connectivity index (χ1v) is 8.10. The molecule has 0 radical (unpaired) electrons. The first-order chi connectivity index (χ1) is 11.5. The third-order valence-electron chi connectivity index (χ3n) is 3.19. The Balaban J connectivity index is 1.76. The number of nitrogen functional groups attached to an aromatic ring is 1. The van der Waals surface area contributed by atoms with Crippen molar-refractivity contribution in [2.45, 2.75) is 13.0 Å². The van der Waals surface area contributed by atoms with Gasteiger partial charge in [-0.25, -0.2) is 4.79 Å². The van der Waals surface area contributed by atoms with Crippen molar-refractivity contribution in [2.24, 2.45) is 5.73 Å². The number of carbonyl (C=O) groups excluding carboxylic acids is 2. The molecule has 1 atom stereocenters. The number of carbonyl (C=O) groups is 2. The topological polar surface area (TPSA) is 120 Å². The van der Waals surface area contributed by atoms with Crippen LogP contribution in [0.5, 0.6) is 0 Å². The Hall–Kier alpha value is -2.87. The van der Waals surface area contributed by atoms with Gasteiger partial charge in [-0.1, -0.05) is 30.3 Å². The van der Waals surface area contributed by atoms with Gasteiger partial charge in [0.25, 0.3) is 0 Å². The van der Waals surface area contributed by atoms with Crippen LogP contribution in [0.4, 0.5) is 9.80 Å². The summed E-state index contributed by atoms with van der Waals surface area (Å²) >= 11 is 1.19. The zero-order chi connectivity index (χ0) is 17.5. The first-order valence-electron chi connectivity index (χ1n) is 7.29. The highest BCUT2D eigenvalue weighted by molar-refractivity contribution is 7.18. The number of hydrogen-bond acceptors (Lipinski definition) is 4. The van der Waals surface area contributed by atoms with Crippen molar-refractivity contribution in [1.82, 2.24) is 10.6 Å². The zero-order valence-electron chi connectivity index (χ0n) is 13.1. The molecule has 0 aliphatic rings. The normalized spacial score (nSPS) is 11.4. The molecular weight excluding hydrogens is 326 g/mol. The minimum Gasteiger partial charge on any atom is -0.383 e. The van der Waals surface area contributed by atoms with Gasteiger partial charge in [0.1, 0.15) is 5.84 Å². The Morgan fingerprint density at radius 2 is 1.92 bits per heavy atom. The van der Waals surface area contributed by atoms with Crippen molar-refractivity contribution in [2.75, 3.05) is 11.9 Å². The first kappa shape index (κ1) is 17.5. The van der Waals surface area contributed by atoms with Gasteiger partial charge in [-0.15, -0.1) is 11.3 Å². The Morgan fingerprint density at radius 1 is 1.21 bits per heavy atom. The molecule has 0 saturated heterocycles. The number of benzene rings is 1. The van der Waals surface area contributed by atoms with Gasteiger partial charge in [0.15, 0.2) is 0 Å². The van der Waals surface area contributed by atoms with Crippen LogP contribution < -0.4 is 21.7 Å². The van der Waals surface area contributed by atoms with Gasteiger partial charge in [0.2, 0.25) is 5.91 Å². The van der Waals surface area contributed by atoms with Gasteiger partial charge >= 0.3 is 6.03 Å². The van der Waals surface area contributed by atoms with Crippen LogP contribution in [0.3, 0.4) is 0 Å². The molecule has 0 aliphatic heterocycles. The van der Waals surface area contributed by atoms with Crippen LogP contribution >= 0.6 is 11.3 Å². The molecule has 0 saturated carbocycles. The van der Waals surface area contributed by atoms with E-state index >= 15 is 0 Å². The van der Waals surface area contributed by atoms with E-state index in [1.165, 1.54) is 11.3 Å². The third kappa shape index (κ3) is 5.10. The number of anilines is 1. The second-order valence-corrected chi connectivity index (χ2v) is 6.17. The van der Waals surface area contributed by atoms with E-state index in [-0.39, 0.29) is 24.3 Å². The average Bonchev–Trinajstić information content (AvgIpc) is 3.02. The van der Waals surface area contributed by atoms with Gasteiger partial charge in [-0.2, -0.15) is 0 Å². The van der Waals surface area contributed by atoms with E-state index in [2.05, 4.69) is 16.0 Å². The lowest BCUT2D eigenvalue weighted by atomic mass is 10.1. The van der Waals surface area contributed by atoms with E-state index in [0.717, 1.165) is 5.56 Å². The molecule has 7 nitrogen and oxygen atoms in total. The van der Waals surface area contributed by atoms with Crippen molar-refractivity contribution in [3.63, 3.8) is 0 Å². The summed E-state index contributed by atoms with van der Waals surface area (Å²) in [6.07, 6.45) is 0. The molecule has 0 fully saturated rings. The molecule has 3 amide bonds. The molecule has 8 heteroatoms. The number of hydrogen-bond donors (Lipinski definition) is 5. The van der Waals surface area contributed by atoms with Crippen molar-refractivity contribution in [1.29, 1.82) is 5.41 Å². The van der Waals surface area contributed by atoms with Crippen LogP contribution in [0.1, 0.15) is 23.4 Å². The smallest absolute Gasteiger partial charge is 0.320 e. The highest BCUT2D eigenvalue weighted by atomic mass is 32.1. The molecule has 1 aromatic heterocycles. The maximum atomic E-state index is 11.9. The number of rotatable bonds is 6. The number of thiophene rings is 1. The predicted octanol–water partition coefficient (Wildman–Crippen LogP) is 2.03. The number of nitrogens with two attached hydrogens (primary N) is 1. The van der Waals surface area contributed by atoms with Gasteiger partial charge in [-0.3, -0.25) is 15.5 Å². The van der Waals surface area contributed by atoms with Crippen molar-refractivity contribution < 1.29 is 9.59 Å². The molecule has 0 aliphatic carbocycles. The van der Waals surface area contributed by atoms with Crippen LogP contribution in [0.2, 0.25) is 0 Å². The summed E-state index contributed by atoms with van der Waals surface area (Å²) in [5, 5.41) is 15.8. The van der Waals surface area contributed by atoms with Crippen LogP contribution in [0.15, 0.2) is 42.5 Å². The summed E-state index contributed by atoms with van der Waals surface area (Å²) in [5.74, 6) is -0.333. The molecular formula is C16H19N5O2S. The van der Waals surface area contributed by atoms with Gasteiger partial charge < -0.3 is 16.4 Å². The number of amides is 3. The van der Waals surface area contributed by atoms with Gasteiger partial charge in [0.05, 0.1) is 22.5 Å². The van der Waals surface area contributed by atoms with Gasteiger partial charge in [-0.05, 0) is 24.6 Å². The number of amidine groups is 1. The minimum absolute atomic E-state index is 0.0530. The standard InChI is InChI=1S/C16H19N5O2S/c1-10(11-5-3-2-4-6-11)20-13(22)9-19-16(23)21-14-8-7-12(24-14)15(17)18/h2-8,10H,9H2,1H3,(H3,17,18)(H,20,22)(H2,19,21,23)/t10-/m1/s1. The summed E-state index contributed by atoms with van der Waals surface area (Å²) < 4.78 is 0. The Labute approximate surface area is 143 Å². The van der Waals surface area contributed by atoms with E-state index in [0.29, 0.717) is 9.88 Å². The van der Waals surface area contributed by atoms with Crippen molar-refractivity contribution in [3.8, 4) is 0 Å². The van der Waals surface area contributed by atoms with Crippen LogP contribution in [0, 0.1) is 5.41 Å². The molecule has 1 aromatic carbocycles. The number of urea groups is 1. The monoisotopic (exact) mass is 345 g/mol. The lowest BCUT2D eigenvalue weighted by Gasteiger charge is -2.14. The second kappa shape index (κ2) is 8.11. The fourth-order valence-corrected chi connectivity index (χ4v) is 2.75. The predicted molar refractivity (Wildman–Crippen MR) is 95.4 cm³/mol. The highest BCUT2D eigenvalue weighted by Crippen LogP contribution is 2.20. The quantitative estimate of drug-likeness (QED) is 0.407. The van der Waals surface area contributed by atoms with E-state index < -0.39 is 6.03 Å². The number of nitrogens with one attached hydrogen (secondary N) is 4. The highest BCUT2D eigenvalue weighted by Gasteiger charge is 2.11. The molecule has 1 heterocycles. The van der Waals surface area contributed by atoms with Crippen LogP contribution in [0.25, 0.3) is 0 Å². The van der Waals surface area contributed by atoms with E-state index in [4.69, 9.17) is 11.1 Å². The van der Waals surface area contributed by atoms with Crippen LogP contribution in [-0.2, 0) is 4.79 Å². The lowest BCUT2D eigenvalue weighted by Crippen LogP contribution is -2.39. The SMILES string of the molecule is C[C@@H](NC(=O)CNC(=O)Nc1ccc(C(=N)N)s1)c1ccccc1. The maximum Gasteiger partial charge on any atom is 0.320 e. The molecule has 0 unspecified atom stereocenters.